The van der Waals surface area contributed by atoms with E-state index in [1.807, 2.05) is 30.3 Å². The minimum Gasteiger partial charge on any atom is -0.497 e. The second kappa shape index (κ2) is 9.66. The Balaban J connectivity index is 1.71. The molecule has 0 aliphatic heterocycles. The third-order valence-corrected chi connectivity index (χ3v) is 3.72. The molecule has 1 amide bonds. The largest absolute Gasteiger partial charge is 0.497 e. The lowest BCUT2D eigenvalue weighted by Crippen LogP contribution is -2.29. The number of aliphatic hydroxyl groups excluding tert-OH is 2. The van der Waals surface area contributed by atoms with Crippen molar-refractivity contribution in [2.24, 2.45) is 0 Å². The Morgan fingerprint density at radius 1 is 1.12 bits per heavy atom. The predicted molar refractivity (Wildman–Crippen MR) is 93.2 cm³/mol. The first-order chi connectivity index (χ1) is 12.1. The Morgan fingerprint density at radius 2 is 1.88 bits per heavy atom. The fourth-order valence-corrected chi connectivity index (χ4v) is 2.30. The molecule has 0 spiro atoms. The zero-order valence-electron chi connectivity index (χ0n) is 14.1. The number of carbonyl (C=O) groups excluding carboxylic acids is 1. The first kappa shape index (κ1) is 18.8. The van der Waals surface area contributed by atoms with Crippen molar-refractivity contribution in [3.05, 3.63) is 65.7 Å². The zero-order valence-corrected chi connectivity index (χ0v) is 14.1. The summed E-state index contributed by atoms with van der Waals surface area (Å²) in [6.45, 7) is 0.373. The van der Waals surface area contributed by atoms with Crippen molar-refractivity contribution >= 4 is 6.09 Å². The van der Waals surface area contributed by atoms with E-state index < -0.39 is 18.3 Å². The predicted octanol–water partition coefficient (Wildman–Crippen LogP) is 2.41. The van der Waals surface area contributed by atoms with Crippen molar-refractivity contribution in [3.63, 3.8) is 0 Å². The summed E-state index contributed by atoms with van der Waals surface area (Å²) in [5, 5.41) is 22.8. The summed E-state index contributed by atoms with van der Waals surface area (Å²) in [5.74, 6) is 0.603. The minimum atomic E-state index is -1.06. The van der Waals surface area contributed by atoms with Gasteiger partial charge in [-0.3, -0.25) is 0 Å². The van der Waals surface area contributed by atoms with E-state index in [1.54, 1.807) is 24.3 Å². The van der Waals surface area contributed by atoms with Crippen molar-refractivity contribution in [2.75, 3.05) is 13.7 Å². The number of hydrogen-bond donors (Lipinski definition) is 3. The number of aliphatic hydroxyl groups is 2. The third-order valence-electron chi connectivity index (χ3n) is 3.72. The normalized spacial score (nSPS) is 12.9. The quantitative estimate of drug-likeness (QED) is 0.684. The number of nitrogens with one attached hydrogen (secondary N) is 1. The highest BCUT2D eigenvalue weighted by Gasteiger charge is 2.19. The van der Waals surface area contributed by atoms with Gasteiger partial charge in [0.05, 0.1) is 13.2 Å². The van der Waals surface area contributed by atoms with E-state index in [4.69, 9.17) is 9.47 Å². The number of benzene rings is 2. The fraction of sp³-hybridized carbons (Fsp3) is 0.316. The molecule has 0 aliphatic rings. The Kier molecular flexibility index (Phi) is 7.25. The van der Waals surface area contributed by atoms with Gasteiger partial charge >= 0.3 is 6.09 Å². The first-order valence-corrected chi connectivity index (χ1v) is 8.05. The van der Waals surface area contributed by atoms with Crippen molar-refractivity contribution in [2.45, 2.75) is 25.2 Å². The smallest absolute Gasteiger partial charge is 0.407 e. The van der Waals surface area contributed by atoms with E-state index in [2.05, 4.69) is 5.32 Å². The molecule has 2 atom stereocenters. The molecule has 0 fully saturated rings. The number of rotatable bonds is 8. The number of alkyl carbamates (subject to hydrolysis) is 1. The van der Waals surface area contributed by atoms with Crippen LogP contribution in [0.2, 0.25) is 0 Å². The lowest BCUT2D eigenvalue weighted by Gasteiger charge is -2.18. The maximum absolute atomic E-state index is 11.6. The molecular formula is C19H23NO5. The van der Waals surface area contributed by atoms with Gasteiger partial charge in [0.2, 0.25) is 0 Å². The lowest BCUT2D eigenvalue weighted by atomic mass is 10.0. The Morgan fingerprint density at radius 3 is 2.60 bits per heavy atom. The van der Waals surface area contributed by atoms with Crippen LogP contribution in [0.3, 0.4) is 0 Å². The van der Waals surface area contributed by atoms with Crippen molar-refractivity contribution < 1.29 is 24.5 Å². The summed E-state index contributed by atoms with van der Waals surface area (Å²) >= 11 is 0. The van der Waals surface area contributed by atoms with Gasteiger partial charge in [0.15, 0.2) is 0 Å². The molecule has 2 unspecified atom stereocenters. The summed E-state index contributed by atoms with van der Waals surface area (Å²) in [6.07, 6.45) is -2.44. The molecule has 6 nitrogen and oxygen atoms in total. The van der Waals surface area contributed by atoms with Gasteiger partial charge in [-0.05, 0) is 29.7 Å². The van der Waals surface area contributed by atoms with Crippen LogP contribution in [0, 0.1) is 0 Å². The summed E-state index contributed by atoms with van der Waals surface area (Å²) in [5.41, 5.74) is 1.45. The molecule has 2 aromatic carbocycles. The molecule has 0 bridgehead atoms. The second-order valence-corrected chi connectivity index (χ2v) is 5.57. The third kappa shape index (κ3) is 6.10. The van der Waals surface area contributed by atoms with E-state index in [0.29, 0.717) is 11.3 Å². The zero-order chi connectivity index (χ0) is 18.1. The molecule has 134 valence electrons. The molecule has 0 aliphatic carbocycles. The molecule has 0 saturated carbocycles. The van der Waals surface area contributed by atoms with E-state index >= 15 is 0 Å². The molecule has 0 radical (unpaired) electrons. The number of carbonyl (C=O) groups is 1. The Bertz CT molecular complexity index is 662. The molecule has 6 heteroatoms. The average Bonchev–Trinajstić information content (AvgIpc) is 2.66. The Hall–Kier alpha value is -2.57. The highest BCUT2D eigenvalue weighted by Crippen LogP contribution is 2.22. The topological polar surface area (TPSA) is 88.0 Å². The van der Waals surface area contributed by atoms with Gasteiger partial charge in [-0.1, -0.05) is 42.5 Å². The van der Waals surface area contributed by atoms with Crippen molar-refractivity contribution in [3.8, 4) is 5.75 Å². The van der Waals surface area contributed by atoms with E-state index in [9.17, 15) is 15.0 Å². The maximum atomic E-state index is 11.6. The van der Waals surface area contributed by atoms with Crippen LogP contribution in [0.4, 0.5) is 4.79 Å². The number of amides is 1. The van der Waals surface area contributed by atoms with Gasteiger partial charge in [-0.25, -0.2) is 4.79 Å². The lowest BCUT2D eigenvalue weighted by molar-refractivity contribution is 0.0135. The SMILES string of the molecule is COc1cccc(C(O)C(O)CCNC(=O)OCc2ccccc2)c1. The standard InChI is InChI=1S/C19H23NO5/c1-24-16-9-5-8-15(12-16)18(22)17(21)10-11-20-19(23)25-13-14-6-3-2-4-7-14/h2-9,12,17-18,21-22H,10-11,13H2,1H3,(H,20,23). The summed E-state index contributed by atoms with van der Waals surface area (Å²) in [4.78, 5) is 11.6. The van der Waals surface area contributed by atoms with Crippen LogP contribution in [0.25, 0.3) is 0 Å². The van der Waals surface area contributed by atoms with Gasteiger partial charge in [-0.2, -0.15) is 0 Å². The van der Waals surface area contributed by atoms with E-state index in [1.165, 1.54) is 7.11 Å². The maximum Gasteiger partial charge on any atom is 0.407 e. The van der Waals surface area contributed by atoms with Crippen molar-refractivity contribution in [1.82, 2.24) is 5.32 Å². The molecule has 2 rings (SSSR count). The van der Waals surface area contributed by atoms with Crippen LogP contribution in [-0.2, 0) is 11.3 Å². The molecule has 0 aromatic heterocycles. The average molecular weight is 345 g/mol. The van der Waals surface area contributed by atoms with Crippen LogP contribution >= 0.6 is 0 Å². The summed E-state index contributed by atoms with van der Waals surface area (Å²) < 4.78 is 10.2. The van der Waals surface area contributed by atoms with Crippen LogP contribution in [0.5, 0.6) is 5.75 Å². The Labute approximate surface area is 147 Å². The van der Waals surface area contributed by atoms with Gasteiger partial charge < -0.3 is 25.0 Å². The van der Waals surface area contributed by atoms with Gasteiger partial charge in [0, 0.05) is 6.54 Å². The number of ether oxygens (including phenoxy) is 2. The summed E-state index contributed by atoms with van der Waals surface area (Å²) in [7, 11) is 1.53. The highest BCUT2D eigenvalue weighted by atomic mass is 16.5. The van der Waals surface area contributed by atoms with E-state index in [0.717, 1.165) is 5.56 Å². The van der Waals surface area contributed by atoms with Crippen LogP contribution in [-0.4, -0.2) is 36.1 Å². The van der Waals surface area contributed by atoms with E-state index in [-0.39, 0.29) is 19.6 Å². The summed E-state index contributed by atoms with van der Waals surface area (Å²) in [6, 6.07) is 16.2. The molecule has 2 aromatic rings. The highest BCUT2D eigenvalue weighted by molar-refractivity contribution is 5.67. The van der Waals surface area contributed by atoms with Crippen molar-refractivity contribution in [1.29, 1.82) is 0 Å². The first-order valence-electron chi connectivity index (χ1n) is 8.05. The molecular weight excluding hydrogens is 322 g/mol. The van der Waals surface area contributed by atoms with Gasteiger partial charge in [0.25, 0.3) is 0 Å². The van der Waals surface area contributed by atoms with Crippen LogP contribution in [0.15, 0.2) is 54.6 Å². The van der Waals surface area contributed by atoms with Gasteiger partial charge in [-0.15, -0.1) is 0 Å². The fourth-order valence-electron chi connectivity index (χ4n) is 2.30. The number of hydrogen-bond acceptors (Lipinski definition) is 5. The van der Waals surface area contributed by atoms with Gasteiger partial charge in [0.1, 0.15) is 18.5 Å². The monoisotopic (exact) mass is 345 g/mol. The molecule has 0 heterocycles. The minimum absolute atomic E-state index is 0.182. The van der Waals surface area contributed by atoms with Crippen LogP contribution in [0.1, 0.15) is 23.7 Å². The number of methoxy groups -OCH3 is 1. The second-order valence-electron chi connectivity index (χ2n) is 5.57. The molecule has 25 heavy (non-hydrogen) atoms. The molecule has 3 N–H and O–H groups in total. The van der Waals surface area contributed by atoms with Crippen LogP contribution < -0.4 is 10.1 Å². The molecule has 0 saturated heterocycles.